The summed E-state index contributed by atoms with van der Waals surface area (Å²) < 4.78 is 0. The molecule has 0 heterocycles. The van der Waals surface area contributed by atoms with Gasteiger partial charge < -0.3 is 11.1 Å². The Labute approximate surface area is 127 Å². The maximum atomic E-state index is 12.2. The Hall–Kier alpha value is -1.66. The molecule has 21 heavy (non-hydrogen) atoms. The Balaban J connectivity index is 2.09. The van der Waals surface area contributed by atoms with Crippen LogP contribution in [0.15, 0.2) is 18.2 Å². The molecule has 1 aromatic carbocycles. The van der Waals surface area contributed by atoms with E-state index < -0.39 is 16.4 Å². The van der Waals surface area contributed by atoms with Gasteiger partial charge in [0, 0.05) is 23.2 Å². The van der Waals surface area contributed by atoms with Crippen LogP contribution in [0.5, 0.6) is 0 Å². The van der Waals surface area contributed by atoms with Gasteiger partial charge in [-0.25, -0.2) is 0 Å². The van der Waals surface area contributed by atoms with Crippen LogP contribution in [0.1, 0.15) is 42.5 Å². The number of hydrogen-bond acceptors (Lipinski definition) is 4. The quantitative estimate of drug-likeness (QED) is 0.659. The van der Waals surface area contributed by atoms with Gasteiger partial charge in [-0.3, -0.25) is 14.9 Å². The third kappa shape index (κ3) is 3.92. The highest BCUT2D eigenvalue weighted by Gasteiger charge is 2.29. The molecule has 0 spiro atoms. The average Bonchev–Trinajstić information content (AvgIpc) is 2.45. The van der Waals surface area contributed by atoms with Gasteiger partial charge >= 0.3 is 0 Å². The molecule has 1 saturated carbocycles. The van der Waals surface area contributed by atoms with E-state index in [2.05, 4.69) is 5.32 Å². The molecule has 3 N–H and O–H groups in total. The maximum Gasteiger partial charge on any atom is 0.282 e. The van der Waals surface area contributed by atoms with Gasteiger partial charge in [-0.05, 0) is 25.0 Å². The Kier molecular flexibility index (Phi) is 4.80. The summed E-state index contributed by atoms with van der Waals surface area (Å²) in [6.45, 7) is 0.315. The maximum absolute atomic E-state index is 12.2. The standard InChI is InChI=1S/C14H18ClN3O3/c15-10-4-5-12(18(20)21)11(8-10)13(19)17-9-14(16)6-2-1-3-7-14/h4-5,8H,1-3,6-7,9,16H2,(H,17,19). The molecule has 0 aromatic heterocycles. The molecule has 1 amide bonds. The smallest absolute Gasteiger partial charge is 0.282 e. The second-order valence-corrected chi connectivity index (χ2v) is 5.96. The second kappa shape index (κ2) is 6.41. The van der Waals surface area contributed by atoms with Gasteiger partial charge in [-0.2, -0.15) is 0 Å². The van der Waals surface area contributed by atoms with Crippen LogP contribution >= 0.6 is 11.6 Å². The van der Waals surface area contributed by atoms with Crippen molar-refractivity contribution < 1.29 is 9.72 Å². The van der Waals surface area contributed by atoms with E-state index in [-0.39, 0.29) is 16.3 Å². The van der Waals surface area contributed by atoms with Crippen LogP contribution in [0.4, 0.5) is 5.69 Å². The average molecular weight is 312 g/mol. The van der Waals surface area contributed by atoms with E-state index in [1.54, 1.807) is 0 Å². The minimum atomic E-state index is -0.593. The number of nitro groups is 1. The number of benzene rings is 1. The first kappa shape index (κ1) is 15.7. The van der Waals surface area contributed by atoms with Crippen molar-refractivity contribution >= 4 is 23.2 Å². The van der Waals surface area contributed by atoms with Crippen LogP contribution in [-0.2, 0) is 0 Å². The molecule has 0 unspecified atom stereocenters. The van der Waals surface area contributed by atoms with Gasteiger partial charge in [0.25, 0.3) is 11.6 Å². The van der Waals surface area contributed by atoms with Crippen molar-refractivity contribution in [1.82, 2.24) is 5.32 Å². The third-order valence-corrected chi connectivity index (χ3v) is 4.09. The number of nitrogens with two attached hydrogens (primary N) is 1. The van der Waals surface area contributed by atoms with Crippen LogP contribution in [0, 0.1) is 10.1 Å². The minimum Gasteiger partial charge on any atom is -0.350 e. The zero-order chi connectivity index (χ0) is 15.5. The molecule has 114 valence electrons. The predicted octanol–water partition coefficient (Wildman–Crippen LogP) is 2.64. The molecule has 0 atom stereocenters. The molecule has 0 saturated heterocycles. The zero-order valence-corrected chi connectivity index (χ0v) is 12.4. The number of hydrogen-bond donors (Lipinski definition) is 2. The minimum absolute atomic E-state index is 0.0353. The van der Waals surface area contributed by atoms with Crippen LogP contribution < -0.4 is 11.1 Å². The molecule has 6 nitrogen and oxygen atoms in total. The molecule has 2 rings (SSSR count). The number of amides is 1. The first-order valence-corrected chi connectivity index (χ1v) is 7.30. The van der Waals surface area contributed by atoms with Crippen molar-refractivity contribution in [3.63, 3.8) is 0 Å². The summed E-state index contributed by atoms with van der Waals surface area (Å²) >= 11 is 5.81. The lowest BCUT2D eigenvalue weighted by molar-refractivity contribution is -0.385. The third-order valence-electron chi connectivity index (χ3n) is 3.85. The highest BCUT2D eigenvalue weighted by atomic mass is 35.5. The van der Waals surface area contributed by atoms with Crippen LogP contribution in [0.2, 0.25) is 5.02 Å². The van der Waals surface area contributed by atoms with E-state index in [9.17, 15) is 14.9 Å². The van der Waals surface area contributed by atoms with Gasteiger partial charge in [0.05, 0.1) is 4.92 Å². The summed E-state index contributed by atoms with van der Waals surface area (Å²) in [6.07, 6.45) is 4.95. The fraction of sp³-hybridized carbons (Fsp3) is 0.500. The Bertz CT molecular complexity index is 556. The van der Waals surface area contributed by atoms with E-state index >= 15 is 0 Å². The van der Waals surface area contributed by atoms with Crippen molar-refractivity contribution in [2.24, 2.45) is 5.73 Å². The highest BCUT2D eigenvalue weighted by Crippen LogP contribution is 2.26. The van der Waals surface area contributed by atoms with E-state index in [1.807, 2.05) is 0 Å². The van der Waals surface area contributed by atoms with Crippen molar-refractivity contribution in [1.29, 1.82) is 0 Å². The van der Waals surface area contributed by atoms with E-state index in [0.29, 0.717) is 6.54 Å². The largest absolute Gasteiger partial charge is 0.350 e. The monoisotopic (exact) mass is 311 g/mol. The van der Waals surface area contributed by atoms with Crippen molar-refractivity contribution in [2.75, 3.05) is 6.54 Å². The van der Waals surface area contributed by atoms with Crippen molar-refractivity contribution in [3.8, 4) is 0 Å². The van der Waals surface area contributed by atoms with Gasteiger partial charge in [0.1, 0.15) is 5.56 Å². The van der Waals surface area contributed by atoms with E-state index in [1.165, 1.54) is 18.2 Å². The van der Waals surface area contributed by atoms with Crippen molar-refractivity contribution in [2.45, 2.75) is 37.6 Å². The Morgan fingerprint density at radius 2 is 2.05 bits per heavy atom. The molecule has 1 fully saturated rings. The van der Waals surface area contributed by atoms with Gasteiger partial charge in [-0.1, -0.05) is 30.9 Å². The van der Waals surface area contributed by atoms with Gasteiger partial charge in [-0.15, -0.1) is 0 Å². The fourth-order valence-corrected chi connectivity index (χ4v) is 2.81. The summed E-state index contributed by atoms with van der Waals surface area (Å²) in [5, 5.41) is 14.0. The number of nitrogens with one attached hydrogen (secondary N) is 1. The van der Waals surface area contributed by atoms with Crippen LogP contribution in [0.3, 0.4) is 0 Å². The summed E-state index contributed by atoms with van der Waals surface area (Å²) in [6, 6.07) is 3.93. The first-order valence-electron chi connectivity index (χ1n) is 6.92. The number of carbonyl (C=O) groups is 1. The molecule has 7 heteroatoms. The summed E-state index contributed by atoms with van der Waals surface area (Å²) in [5.74, 6) is -0.514. The van der Waals surface area contributed by atoms with Crippen LogP contribution in [0.25, 0.3) is 0 Å². The number of halogens is 1. The van der Waals surface area contributed by atoms with E-state index in [0.717, 1.165) is 32.1 Å². The Morgan fingerprint density at radius 1 is 1.38 bits per heavy atom. The molecule has 0 bridgehead atoms. The highest BCUT2D eigenvalue weighted by molar-refractivity contribution is 6.31. The molecule has 0 radical (unpaired) electrons. The normalized spacial score (nSPS) is 17.2. The van der Waals surface area contributed by atoms with Gasteiger partial charge in [0.15, 0.2) is 0 Å². The lowest BCUT2D eigenvalue weighted by Crippen LogP contribution is -2.51. The lowest BCUT2D eigenvalue weighted by Gasteiger charge is -2.33. The number of carbonyl (C=O) groups excluding carboxylic acids is 1. The second-order valence-electron chi connectivity index (χ2n) is 5.52. The summed E-state index contributed by atoms with van der Waals surface area (Å²) in [5.41, 5.74) is 5.53. The first-order chi connectivity index (χ1) is 9.91. The summed E-state index contributed by atoms with van der Waals surface area (Å²) in [7, 11) is 0. The molecular formula is C14H18ClN3O3. The molecule has 1 aliphatic rings. The number of nitrogens with zero attached hydrogens (tertiary/aromatic N) is 1. The van der Waals surface area contributed by atoms with E-state index in [4.69, 9.17) is 17.3 Å². The fourth-order valence-electron chi connectivity index (χ4n) is 2.63. The van der Waals surface area contributed by atoms with Crippen LogP contribution in [-0.4, -0.2) is 22.9 Å². The molecule has 1 aromatic rings. The molecule has 1 aliphatic carbocycles. The van der Waals surface area contributed by atoms with Gasteiger partial charge in [0.2, 0.25) is 0 Å². The number of rotatable bonds is 4. The summed E-state index contributed by atoms with van der Waals surface area (Å²) in [4.78, 5) is 22.5. The Morgan fingerprint density at radius 3 is 2.67 bits per heavy atom. The topological polar surface area (TPSA) is 98.3 Å². The predicted molar refractivity (Wildman–Crippen MR) is 80.4 cm³/mol. The SMILES string of the molecule is NC1(CNC(=O)c2cc(Cl)ccc2[N+](=O)[O-])CCCCC1. The number of nitro benzene ring substituents is 1. The van der Waals surface area contributed by atoms with Crippen molar-refractivity contribution in [3.05, 3.63) is 38.9 Å². The molecular weight excluding hydrogens is 294 g/mol. The zero-order valence-electron chi connectivity index (χ0n) is 11.6. The lowest BCUT2D eigenvalue weighted by atomic mass is 9.82. The molecule has 0 aliphatic heterocycles.